The van der Waals surface area contributed by atoms with Crippen LogP contribution < -0.4 is 10.2 Å². The third kappa shape index (κ3) is 3.28. The van der Waals surface area contributed by atoms with Gasteiger partial charge in [-0.3, -0.25) is 9.78 Å². The van der Waals surface area contributed by atoms with E-state index < -0.39 is 0 Å². The summed E-state index contributed by atoms with van der Waals surface area (Å²) in [5, 5.41) is 3.11. The van der Waals surface area contributed by atoms with E-state index in [0.717, 1.165) is 18.5 Å². The first-order chi connectivity index (χ1) is 12.7. The van der Waals surface area contributed by atoms with Crippen LogP contribution in [0.5, 0.6) is 0 Å². The number of rotatable bonds is 3. The lowest BCUT2D eigenvalue weighted by Crippen LogP contribution is -2.35. The Morgan fingerprint density at radius 3 is 2.77 bits per heavy atom. The second-order valence-corrected chi connectivity index (χ2v) is 6.25. The number of nitrogens with one attached hydrogen (secondary N) is 1. The molecule has 0 saturated heterocycles. The molecular formula is C21H18FN3O. The van der Waals surface area contributed by atoms with E-state index in [1.54, 1.807) is 35.4 Å². The number of aryl methyl sites for hydroxylation is 1. The van der Waals surface area contributed by atoms with Crippen molar-refractivity contribution >= 4 is 23.0 Å². The number of carbonyl (C=O) groups is 1. The van der Waals surface area contributed by atoms with Gasteiger partial charge in [-0.05, 0) is 54.8 Å². The van der Waals surface area contributed by atoms with Gasteiger partial charge in [0.2, 0.25) is 0 Å². The minimum atomic E-state index is -0.315. The number of nitrogens with zero attached hydrogens (tertiary/aromatic N) is 2. The van der Waals surface area contributed by atoms with E-state index in [-0.39, 0.29) is 11.7 Å². The Hall–Kier alpha value is -3.21. The molecule has 1 amide bonds. The summed E-state index contributed by atoms with van der Waals surface area (Å²) < 4.78 is 13.3. The first-order valence-electron chi connectivity index (χ1n) is 8.59. The van der Waals surface area contributed by atoms with E-state index in [2.05, 4.69) is 16.4 Å². The first-order valence-corrected chi connectivity index (χ1v) is 8.59. The van der Waals surface area contributed by atoms with E-state index in [1.165, 1.54) is 17.7 Å². The molecule has 0 aliphatic carbocycles. The average Bonchev–Trinajstić information content (AvgIpc) is 2.67. The van der Waals surface area contributed by atoms with Gasteiger partial charge in [0, 0.05) is 29.8 Å². The highest BCUT2D eigenvalue weighted by atomic mass is 19.1. The molecule has 0 unspecified atom stereocenters. The number of amides is 1. The van der Waals surface area contributed by atoms with Crippen LogP contribution in [0, 0.1) is 5.82 Å². The molecule has 1 N–H and O–H groups in total. The number of halogens is 1. The molecule has 26 heavy (non-hydrogen) atoms. The van der Waals surface area contributed by atoms with E-state index >= 15 is 0 Å². The summed E-state index contributed by atoms with van der Waals surface area (Å²) >= 11 is 0. The van der Waals surface area contributed by atoms with Crippen molar-refractivity contribution in [3.05, 3.63) is 83.9 Å². The third-order valence-electron chi connectivity index (χ3n) is 4.45. The first kappa shape index (κ1) is 16.3. The van der Waals surface area contributed by atoms with Crippen LogP contribution in [0.1, 0.15) is 22.5 Å². The highest BCUT2D eigenvalue weighted by molar-refractivity contribution is 6.06. The molecule has 1 aliphatic rings. The molecular weight excluding hydrogens is 329 g/mol. The summed E-state index contributed by atoms with van der Waals surface area (Å²) in [7, 11) is 0. The zero-order valence-corrected chi connectivity index (χ0v) is 14.2. The van der Waals surface area contributed by atoms with Gasteiger partial charge in [-0.25, -0.2) is 4.39 Å². The SMILES string of the molecule is O=C(c1cc(Nc2cccc(F)c2)ccn1)N1CCCc2ccccc21. The van der Waals surface area contributed by atoms with Gasteiger partial charge in [0.25, 0.3) is 5.91 Å². The summed E-state index contributed by atoms with van der Waals surface area (Å²) in [6.45, 7) is 0.680. The maximum atomic E-state index is 13.3. The minimum absolute atomic E-state index is 0.125. The molecule has 0 saturated carbocycles. The number of benzene rings is 2. The van der Waals surface area contributed by atoms with Gasteiger partial charge in [0.15, 0.2) is 0 Å². The number of para-hydroxylation sites is 1. The fourth-order valence-corrected chi connectivity index (χ4v) is 3.24. The Bertz CT molecular complexity index is 957. The second kappa shape index (κ2) is 6.96. The molecule has 2 aromatic carbocycles. The van der Waals surface area contributed by atoms with Gasteiger partial charge < -0.3 is 10.2 Å². The number of fused-ring (bicyclic) bond motifs is 1. The maximum absolute atomic E-state index is 13.3. The predicted molar refractivity (Wildman–Crippen MR) is 100 cm³/mol. The van der Waals surface area contributed by atoms with Gasteiger partial charge >= 0.3 is 0 Å². The number of hydrogen-bond acceptors (Lipinski definition) is 3. The molecule has 5 heteroatoms. The third-order valence-corrected chi connectivity index (χ3v) is 4.45. The van der Waals surface area contributed by atoms with Crippen molar-refractivity contribution in [2.24, 2.45) is 0 Å². The lowest BCUT2D eigenvalue weighted by atomic mass is 10.0. The molecule has 0 atom stereocenters. The molecule has 0 fully saturated rings. The fourth-order valence-electron chi connectivity index (χ4n) is 3.24. The van der Waals surface area contributed by atoms with Crippen LogP contribution >= 0.6 is 0 Å². The van der Waals surface area contributed by atoms with Crippen LogP contribution in [0.15, 0.2) is 66.9 Å². The number of pyridine rings is 1. The summed E-state index contributed by atoms with van der Waals surface area (Å²) in [5.74, 6) is -0.440. The molecule has 0 radical (unpaired) electrons. The van der Waals surface area contributed by atoms with Crippen LogP contribution in [-0.4, -0.2) is 17.4 Å². The molecule has 3 aromatic rings. The van der Waals surface area contributed by atoms with E-state index in [9.17, 15) is 9.18 Å². The molecule has 0 spiro atoms. The quantitative estimate of drug-likeness (QED) is 0.755. The smallest absolute Gasteiger partial charge is 0.276 e. The monoisotopic (exact) mass is 347 g/mol. The fraction of sp³-hybridized carbons (Fsp3) is 0.143. The van der Waals surface area contributed by atoms with Crippen molar-refractivity contribution in [2.75, 3.05) is 16.8 Å². The Labute approximate surface area is 151 Å². The summed E-state index contributed by atoms with van der Waals surface area (Å²) in [5.41, 5.74) is 3.82. The predicted octanol–water partition coefficient (Wildman–Crippen LogP) is 4.56. The molecule has 130 valence electrons. The Balaban J connectivity index is 1.60. The van der Waals surface area contributed by atoms with Crippen LogP contribution in [0.25, 0.3) is 0 Å². The number of hydrogen-bond donors (Lipinski definition) is 1. The normalized spacial score (nSPS) is 13.2. The topological polar surface area (TPSA) is 45.2 Å². The number of carbonyl (C=O) groups excluding carboxylic acids is 1. The second-order valence-electron chi connectivity index (χ2n) is 6.25. The molecule has 4 nitrogen and oxygen atoms in total. The van der Waals surface area contributed by atoms with Crippen molar-refractivity contribution in [3.63, 3.8) is 0 Å². The van der Waals surface area contributed by atoms with E-state index in [1.807, 2.05) is 18.2 Å². The molecule has 2 heterocycles. The van der Waals surface area contributed by atoms with Gasteiger partial charge in [0.1, 0.15) is 11.5 Å². The van der Waals surface area contributed by atoms with Crippen molar-refractivity contribution in [1.82, 2.24) is 4.98 Å². The molecule has 1 aliphatic heterocycles. The molecule has 4 rings (SSSR count). The Morgan fingerprint density at radius 2 is 1.88 bits per heavy atom. The van der Waals surface area contributed by atoms with Gasteiger partial charge in [-0.15, -0.1) is 0 Å². The van der Waals surface area contributed by atoms with Crippen molar-refractivity contribution < 1.29 is 9.18 Å². The zero-order valence-electron chi connectivity index (χ0n) is 14.2. The van der Waals surface area contributed by atoms with Gasteiger partial charge in [0.05, 0.1) is 0 Å². The van der Waals surface area contributed by atoms with Crippen LogP contribution in [0.4, 0.5) is 21.5 Å². The average molecular weight is 347 g/mol. The number of aromatic nitrogens is 1. The summed E-state index contributed by atoms with van der Waals surface area (Å²) in [6.07, 6.45) is 3.50. The van der Waals surface area contributed by atoms with Crippen LogP contribution in [0.3, 0.4) is 0 Å². The molecule has 0 bridgehead atoms. The largest absolute Gasteiger partial charge is 0.355 e. The summed E-state index contributed by atoms with van der Waals surface area (Å²) in [6, 6.07) is 17.6. The van der Waals surface area contributed by atoms with Crippen LogP contribution in [0.2, 0.25) is 0 Å². The van der Waals surface area contributed by atoms with Gasteiger partial charge in [-0.1, -0.05) is 24.3 Å². The standard InChI is InChI=1S/C21H18FN3O/c22-16-7-3-8-17(13-16)24-18-10-11-23-19(14-18)21(26)25-12-4-6-15-5-1-2-9-20(15)25/h1-3,5,7-11,13-14H,4,6,12H2,(H,23,24). The lowest BCUT2D eigenvalue weighted by Gasteiger charge is -2.29. The minimum Gasteiger partial charge on any atom is -0.355 e. The highest BCUT2D eigenvalue weighted by Crippen LogP contribution is 2.28. The zero-order chi connectivity index (χ0) is 17.9. The maximum Gasteiger partial charge on any atom is 0.276 e. The van der Waals surface area contributed by atoms with E-state index in [0.29, 0.717) is 23.6 Å². The van der Waals surface area contributed by atoms with Crippen LogP contribution in [-0.2, 0) is 6.42 Å². The van der Waals surface area contributed by atoms with Crippen molar-refractivity contribution in [2.45, 2.75) is 12.8 Å². The summed E-state index contributed by atoms with van der Waals surface area (Å²) in [4.78, 5) is 19.0. The molecule has 1 aromatic heterocycles. The van der Waals surface area contributed by atoms with E-state index in [4.69, 9.17) is 0 Å². The van der Waals surface area contributed by atoms with Crippen molar-refractivity contribution in [1.29, 1.82) is 0 Å². The Morgan fingerprint density at radius 1 is 1.04 bits per heavy atom. The van der Waals surface area contributed by atoms with Crippen molar-refractivity contribution in [3.8, 4) is 0 Å². The lowest BCUT2D eigenvalue weighted by molar-refractivity contribution is 0.0980. The highest BCUT2D eigenvalue weighted by Gasteiger charge is 2.24. The Kier molecular flexibility index (Phi) is 4.35. The number of anilines is 3. The van der Waals surface area contributed by atoms with Gasteiger partial charge in [-0.2, -0.15) is 0 Å².